The Bertz CT molecular complexity index is 639. The van der Waals surface area contributed by atoms with Crippen LogP contribution in [-0.2, 0) is 17.7 Å². The first-order valence-corrected chi connectivity index (χ1v) is 7.42. The molecule has 0 aliphatic carbocycles. The van der Waals surface area contributed by atoms with Gasteiger partial charge >= 0.3 is 0 Å². The number of fused-ring (bicyclic) bond motifs is 1. The summed E-state index contributed by atoms with van der Waals surface area (Å²) in [6, 6.07) is 9.84. The topological polar surface area (TPSA) is 79.0 Å². The lowest BCUT2D eigenvalue weighted by Gasteiger charge is -2.17. The molecule has 1 atom stereocenters. The number of H-pyrrole nitrogens is 1. The van der Waals surface area contributed by atoms with Crippen molar-refractivity contribution in [2.24, 2.45) is 0 Å². The molecular weight excluding hydrogens is 280 g/mol. The van der Waals surface area contributed by atoms with Crippen LogP contribution in [0.25, 0.3) is 0 Å². The number of carbonyl (C=O) groups excluding carboxylic acids is 1. The van der Waals surface area contributed by atoms with Crippen molar-refractivity contribution in [2.45, 2.75) is 19.1 Å². The third kappa shape index (κ3) is 3.03. The van der Waals surface area contributed by atoms with Gasteiger partial charge in [0.15, 0.2) is 5.69 Å². The zero-order chi connectivity index (χ0) is 15.4. The van der Waals surface area contributed by atoms with Crippen molar-refractivity contribution in [3.63, 3.8) is 0 Å². The number of carbonyl (C=O) groups is 1. The van der Waals surface area contributed by atoms with E-state index >= 15 is 0 Å². The molecule has 1 aliphatic rings. The van der Waals surface area contributed by atoms with E-state index in [1.54, 1.807) is 7.11 Å². The van der Waals surface area contributed by atoms with E-state index in [0.29, 0.717) is 18.8 Å². The van der Waals surface area contributed by atoms with Crippen molar-refractivity contribution >= 4 is 5.91 Å². The Morgan fingerprint density at radius 3 is 3.00 bits per heavy atom. The highest BCUT2D eigenvalue weighted by Crippen LogP contribution is 2.17. The molecule has 2 aromatic rings. The summed E-state index contributed by atoms with van der Waals surface area (Å²) in [5.74, 6) is -0.167. The number of aromatic nitrogens is 2. The highest BCUT2D eigenvalue weighted by atomic mass is 16.5. The zero-order valence-corrected chi connectivity index (χ0v) is 12.6. The Kier molecular flexibility index (Phi) is 4.50. The first-order valence-electron chi connectivity index (χ1n) is 7.42. The van der Waals surface area contributed by atoms with Gasteiger partial charge in [-0.1, -0.05) is 30.3 Å². The molecule has 1 unspecified atom stereocenters. The highest BCUT2D eigenvalue weighted by molar-refractivity contribution is 5.94. The van der Waals surface area contributed by atoms with E-state index in [1.165, 1.54) is 0 Å². The Labute approximate surface area is 129 Å². The van der Waals surface area contributed by atoms with E-state index in [9.17, 15) is 4.79 Å². The molecular formula is C16H20N4O2. The Morgan fingerprint density at radius 2 is 2.23 bits per heavy atom. The highest BCUT2D eigenvalue weighted by Gasteiger charge is 2.22. The van der Waals surface area contributed by atoms with Crippen LogP contribution in [0.4, 0.5) is 0 Å². The monoisotopic (exact) mass is 300 g/mol. The fourth-order valence-electron chi connectivity index (χ4n) is 2.69. The summed E-state index contributed by atoms with van der Waals surface area (Å²) >= 11 is 0. The fourth-order valence-corrected chi connectivity index (χ4v) is 2.69. The van der Waals surface area contributed by atoms with Gasteiger partial charge in [0, 0.05) is 44.4 Å². The molecule has 0 saturated heterocycles. The van der Waals surface area contributed by atoms with Gasteiger partial charge in [-0.2, -0.15) is 5.10 Å². The quantitative estimate of drug-likeness (QED) is 0.774. The Morgan fingerprint density at radius 1 is 1.41 bits per heavy atom. The first-order chi connectivity index (χ1) is 10.8. The minimum Gasteiger partial charge on any atom is -0.375 e. The van der Waals surface area contributed by atoms with Gasteiger partial charge in [-0.3, -0.25) is 9.89 Å². The Balaban J connectivity index is 1.66. The second kappa shape index (κ2) is 6.72. The summed E-state index contributed by atoms with van der Waals surface area (Å²) in [5.41, 5.74) is 3.54. The summed E-state index contributed by atoms with van der Waals surface area (Å²) in [6.45, 7) is 2.01. The SMILES string of the molecule is COC(CNC(=O)c1n[nH]c2c1CNCC2)c1ccccc1. The van der Waals surface area contributed by atoms with Gasteiger partial charge < -0.3 is 15.4 Å². The van der Waals surface area contributed by atoms with Crippen LogP contribution in [0.15, 0.2) is 30.3 Å². The molecule has 6 heteroatoms. The maximum Gasteiger partial charge on any atom is 0.272 e. The van der Waals surface area contributed by atoms with E-state index in [4.69, 9.17) is 4.74 Å². The second-order valence-electron chi connectivity index (χ2n) is 5.30. The molecule has 0 radical (unpaired) electrons. The van der Waals surface area contributed by atoms with Crippen LogP contribution < -0.4 is 10.6 Å². The van der Waals surface area contributed by atoms with Gasteiger partial charge in [0.1, 0.15) is 0 Å². The van der Waals surface area contributed by atoms with Crippen LogP contribution in [0.1, 0.15) is 33.4 Å². The van der Waals surface area contributed by atoms with Crippen LogP contribution in [0.5, 0.6) is 0 Å². The molecule has 6 nitrogen and oxygen atoms in total. The number of nitrogens with one attached hydrogen (secondary N) is 3. The lowest BCUT2D eigenvalue weighted by Crippen LogP contribution is -2.31. The first kappa shape index (κ1) is 14.7. The maximum absolute atomic E-state index is 12.4. The number of aromatic amines is 1. The van der Waals surface area contributed by atoms with Crippen molar-refractivity contribution < 1.29 is 9.53 Å². The number of nitrogens with zero attached hydrogens (tertiary/aromatic N) is 1. The number of methoxy groups -OCH3 is 1. The van der Waals surface area contributed by atoms with Gasteiger partial charge in [-0.25, -0.2) is 0 Å². The molecule has 2 heterocycles. The molecule has 1 amide bonds. The van der Waals surface area contributed by atoms with Crippen molar-refractivity contribution in [1.82, 2.24) is 20.8 Å². The van der Waals surface area contributed by atoms with Gasteiger partial charge in [-0.15, -0.1) is 0 Å². The number of benzene rings is 1. The average molecular weight is 300 g/mol. The molecule has 0 saturated carbocycles. The molecule has 116 valence electrons. The van der Waals surface area contributed by atoms with E-state index in [-0.39, 0.29) is 12.0 Å². The van der Waals surface area contributed by atoms with Crippen LogP contribution in [0.3, 0.4) is 0 Å². The molecule has 0 spiro atoms. The number of hydrogen-bond acceptors (Lipinski definition) is 4. The van der Waals surface area contributed by atoms with Gasteiger partial charge in [0.05, 0.1) is 6.10 Å². The van der Waals surface area contributed by atoms with Crippen molar-refractivity contribution in [1.29, 1.82) is 0 Å². The number of ether oxygens (including phenoxy) is 1. The predicted octanol–water partition coefficient (Wildman–Crippen LogP) is 1.17. The van der Waals surface area contributed by atoms with E-state index in [2.05, 4.69) is 20.8 Å². The average Bonchev–Trinajstić information content (AvgIpc) is 3.00. The third-order valence-corrected chi connectivity index (χ3v) is 3.93. The summed E-state index contributed by atoms with van der Waals surface area (Å²) in [6.07, 6.45) is 0.707. The summed E-state index contributed by atoms with van der Waals surface area (Å²) in [7, 11) is 1.64. The van der Waals surface area contributed by atoms with Crippen LogP contribution in [0, 0.1) is 0 Å². The van der Waals surface area contributed by atoms with Crippen LogP contribution in [-0.4, -0.2) is 36.3 Å². The van der Waals surface area contributed by atoms with E-state index in [0.717, 1.165) is 29.8 Å². The standard InChI is InChI=1S/C16H20N4O2/c1-22-14(11-5-3-2-4-6-11)10-18-16(21)15-12-9-17-8-7-13(12)19-20-15/h2-6,14,17H,7-10H2,1H3,(H,18,21)(H,19,20). The largest absolute Gasteiger partial charge is 0.375 e. The zero-order valence-electron chi connectivity index (χ0n) is 12.6. The molecule has 0 fully saturated rings. The number of amides is 1. The minimum atomic E-state index is -0.168. The van der Waals surface area contributed by atoms with Gasteiger partial charge in [0.25, 0.3) is 5.91 Å². The molecule has 0 bridgehead atoms. The normalized spacial score (nSPS) is 15.1. The smallest absolute Gasteiger partial charge is 0.272 e. The molecule has 3 rings (SSSR count). The second-order valence-corrected chi connectivity index (χ2v) is 5.30. The molecule has 1 aromatic carbocycles. The van der Waals surface area contributed by atoms with Crippen molar-refractivity contribution in [3.05, 3.63) is 52.8 Å². The molecule has 3 N–H and O–H groups in total. The minimum absolute atomic E-state index is 0.167. The lowest BCUT2D eigenvalue weighted by atomic mass is 10.1. The van der Waals surface area contributed by atoms with Crippen molar-refractivity contribution in [2.75, 3.05) is 20.2 Å². The molecule has 22 heavy (non-hydrogen) atoms. The number of hydrogen-bond donors (Lipinski definition) is 3. The number of rotatable bonds is 5. The molecule has 1 aliphatic heterocycles. The predicted molar refractivity (Wildman–Crippen MR) is 82.5 cm³/mol. The Hall–Kier alpha value is -2.18. The van der Waals surface area contributed by atoms with E-state index in [1.807, 2.05) is 30.3 Å². The maximum atomic E-state index is 12.4. The summed E-state index contributed by atoms with van der Waals surface area (Å²) < 4.78 is 5.46. The van der Waals surface area contributed by atoms with Gasteiger partial charge in [-0.05, 0) is 5.56 Å². The van der Waals surface area contributed by atoms with Crippen molar-refractivity contribution in [3.8, 4) is 0 Å². The van der Waals surface area contributed by atoms with Crippen LogP contribution >= 0.6 is 0 Å². The van der Waals surface area contributed by atoms with E-state index < -0.39 is 0 Å². The molecule has 1 aromatic heterocycles. The summed E-state index contributed by atoms with van der Waals surface area (Å²) in [4.78, 5) is 12.4. The summed E-state index contributed by atoms with van der Waals surface area (Å²) in [5, 5.41) is 13.3. The third-order valence-electron chi connectivity index (χ3n) is 3.93. The lowest BCUT2D eigenvalue weighted by molar-refractivity contribution is 0.0823. The van der Waals surface area contributed by atoms with Crippen LogP contribution in [0.2, 0.25) is 0 Å². The fraction of sp³-hybridized carbons (Fsp3) is 0.375. The van der Waals surface area contributed by atoms with Gasteiger partial charge in [0.2, 0.25) is 0 Å².